The molecule has 0 spiro atoms. The van der Waals surface area contributed by atoms with Crippen molar-refractivity contribution < 1.29 is 24.1 Å². The Hall–Kier alpha value is -3.81. The van der Waals surface area contributed by atoms with Crippen LogP contribution >= 0.6 is 0 Å². The lowest BCUT2D eigenvalue weighted by Crippen LogP contribution is -2.42. The summed E-state index contributed by atoms with van der Waals surface area (Å²) in [6, 6.07) is 3.66. The Labute approximate surface area is 206 Å². The van der Waals surface area contributed by atoms with Crippen LogP contribution in [0.3, 0.4) is 0 Å². The van der Waals surface area contributed by atoms with Crippen LogP contribution < -0.4 is 26.1 Å². The minimum atomic E-state index is -0.681. The summed E-state index contributed by atoms with van der Waals surface area (Å²) in [4.78, 5) is 31.5. The van der Waals surface area contributed by atoms with Gasteiger partial charge in [-0.2, -0.15) is 4.99 Å². The monoisotopic (exact) mass is 496 g/mol. The number of β-amino-alcohol motifs (C(OH)–C–C–N with tert-alkyl or cyclic N) is 1. The molecule has 0 aliphatic carbocycles. The Kier molecular flexibility index (Phi) is 6.93. The van der Waals surface area contributed by atoms with Crippen molar-refractivity contribution in [2.45, 2.75) is 12.6 Å². The molecule has 1 atom stereocenters. The third-order valence-electron chi connectivity index (χ3n) is 6.03. The second-order valence-electron chi connectivity index (χ2n) is 8.46. The number of carbonyl (C=O) groups is 1. The first-order valence-corrected chi connectivity index (χ1v) is 11.7. The summed E-state index contributed by atoms with van der Waals surface area (Å²) in [7, 11) is 1.52. The molecule has 0 unspecified atom stereocenters. The molecule has 2 aliphatic heterocycles. The molecular weight excluding hydrogens is 468 g/mol. The maximum Gasteiger partial charge on any atom is 0.283 e. The van der Waals surface area contributed by atoms with Crippen LogP contribution in [0.25, 0.3) is 10.9 Å². The number of hydrogen-bond acceptors (Lipinski definition) is 11. The van der Waals surface area contributed by atoms with Gasteiger partial charge in [-0.3, -0.25) is 14.3 Å². The Bertz CT molecular complexity index is 1320. The Balaban J connectivity index is 1.46. The minimum absolute atomic E-state index is 0.0715. The third-order valence-corrected chi connectivity index (χ3v) is 6.03. The summed E-state index contributed by atoms with van der Waals surface area (Å²) in [5.41, 5.74) is 6.41. The number of ether oxygens (including phenoxy) is 3. The number of rotatable bonds is 7. The molecule has 4 N–H and O–H groups in total. The molecule has 1 aromatic carbocycles. The van der Waals surface area contributed by atoms with Gasteiger partial charge < -0.3 is 30.4 Å². The first kappa shape index (κ1) is 23.9. The highest BCUT2D eigenvalue weighted by Crippen LogP contribution is 2.37. The van der Waals surface area contributed by atoms with Gasteiger partial charge in [-0.15, -0.1) is 0 Å². The van der Waals surface area contributed by atoms with Crippen LogP contribution in [0.15, 0.2) is 29.5 Å². The molecule has 1 amide bonds. The van der Waals surface area contributed by atoms with Crippen LogP contribution in [-0.2, 0) is 11.3 Å². The standard InChI is InChI=1S/C23H28N8O5/c1-34-19-17(36-13-15(32)12-30-6-8-35-9-7-30)3-2-16-18(19)28-23(31-5-4-25-20(16)31)29-21(33)14-10-26-22(24)27-11-14/h2-3,10-11,15,25,32H,4-9,12-13H2,1H3,(H2,24,26,27)/t15-/m0/s1. The predicted octanol–water partition coefficient (Wildman–Crippen LogP) is -0.344. The van der Waals surface area contributed by atoms with Gasteiger partial charge in [-0.05, 0) is 12.1 Å². The average molecular weight is 497 g/mol. The SMILES string of the molecule is COc1c(OC[C@@H](O)CN2CCOCC2)ccc2c3n(c(=NC(=O)c4cnc(N)nc4)nc12)CCN3. The highest BCUT2D eigenvalue weighted by molar-refractivity contribution is 5.96. The molecule has 36 heavy (non-hydrogen) atoms. The van der Waals surface area contributed by atoms with E-state index < -0.39 is 12.0 Å². The van der Waals surface area contributed by atoms with E-state index in [-0.39, 0.29) is 23.7 Å². The van der Waals surface area contributed by atoms with Crippen LogP contribution in [0, 0.1) is 0 Å². The van der Waals surface area contributed by atoms with Crippen molar-refractivity contribution in [1.82, 2.24) is 24.4 Å². The fourth-order valence-electron chi connectivity index (χ4n) is 4.27. The fourth-order valence-corrected chi connectivity index (χ4v) is 4.27. The summed E-state index contributed by atoms with van der Waals surface area (Å²) in [6.07, 6.45) is 1.97. The van der Waals surface area contributed by atoms with E-state index in [0.717, 1.165) is 24.3 Å². The summed E-state index contributed by atoms with van der Waals surface area (Å²) in [6.45, 7) is 4.72. The van der Waals surface area contributed by atoms with E-state index >= 15 is 0 Å². The number of hydrogen-bond donors (Lipinski definition) is 3. The zero-order chi connectivity index (χ0) is 25.1. The molecule has 13 nitrogen and oxygen atoms in total. The van der Waals surface area contributed by atoms with Gasteiger partial charge >= 0.3 is 0 Å². The summed E-state index contributed by atoms with van der Waals surface area (Å²) in [5.74, 6) is 1.13. The van der Waals surface area contributed by atoms with E-state index in [9.17, 15) is 9.90 Å². The van der Waals surface area contributed by atoms with Crippen LogP contribution in [0.5, 0.6) is 11.5 Å². The number of carbonyl (C=O) groups excluding carboxylic acids is 1. The lowest BCUT2D eigenvalue weighted by Gasteiger charge is -2.28. The van der Waals surface area contributed by atoms with Crippen LogP contribution in [0.1, 0.15) is 10.4 Å². The van der Waals surface area contributed by atoms with Gasteiger partial charge in [0.25, 0.3) is 5.91 Å². The third kappa shape index (κ3) is 4.94. The Morgan fingerprint density at radius 2 is 2.06 bits per heavy atom. The van der Waals surface area contributed by atoms with E-state index in [1.165, 1.54) is 19.5 Å². The highest BCUT2D eigenvalue weighted by Gasteiger charge is 2.22. The number of amides is 1. The molecule has 13 heteroatoms. The number of benzene rings is 1. The number of nitrogens with one attached hydrogen (secondary N) is 1. The summed E-state index contributed by atoms with van der Waals surface area (Å²) in [5, 5.41) is 14.6. The van der Waals surface area contributed by atoms with Gasteiger partial charge in [0.15, 0.2) is 11.5 Å². The second kappa shape index (κ2) is 10.4. The van der Waals surface area contributed by atoms with Crippen LogP contribution in [0.4, 0.5) is 11.8 Å². The van der Waals surface area contributed by atoms with E-state index in [4.69, 9.17) is 19.9 Å². The van der Waals surface area contributed by atoms with Crippen molar-refractivity contribution in [3.8, 4) is 11.5 Å². The number of nitrogens with two attached hydrogens (primary N) is 1. The zero-order valence-electron chi connectivity index (χ0n) is 19.9. The smallest absolute Gasteiger partial charge is 0.283 e. The summed E-state index contributed by atoms with van der Waals surface area (Å²) < 4.78 is 18.8. The Morgan fingerprint density at radius 3 is 2.81 bits per heavy atom. The Morgan fingerprint density at radius 1 is 1.28 bits per heavy atom. The van der Waals surface area contributed by atoms with Crippen molar-refractivity contribution in [3.63, 3.8) is 0 Å². The maximum absolute atomic E-state index is 12.8. The van der Waals surface area contributed by atoms with E-state index in [2.05, 4.69) is 30.2 Å². The van der Waals surface area contributed by atoms with Crippen molar-refractivity contribution in [2.75, 3.05) is 64.2 Å². The van der Waals surface area contributed by atoms with Gasteiger partial charge in [0.05, 0.1) is 25.9 Å². The lowest BCUT2D eigenvalue weighted by atomic mass is 10.2. The van der Waals surface area contributed by atoms with E-state index in [1.54, 1.807) is 6.07 Å². The number of aromatic nitrogens is 4. The molecular formula is C23H28N8O5. The number of morpholine rings is 1. The molecule has 2 aliphatic rings. The molecule has 0 radical (unpaired) electrons. The molecule has 0 saturated carbocycles. The molecule has 5 rings (SSSR count). The number of fused-ring (bicyclic) bond motifs is 3. The average Bonchev–Trinajstić information content (AvgIpc) is 3.39. The van der Waals surface area contributed by atoms with Gasteiger partial charge in [-0.1, -0.05) is 0 Å². The number of aliphatic hydroxyl groups is 1. The van der Waals surface area contributed by atoms with Gasteiger partial charge in [0.2, 0.25) is 11.6 Å². The molecule has 3 aromatic rings. The normalized spacial score (nSPS) is 17.0. The van der Waals surface area contributed by atoms with Gasteiger partial charge in [0.1, 0.15) is 24.0 Å². The molecule has 2 aromatic heterocycles. The number of nitrogens with zero attached hydrogens (tertiary/aromatic N) is 6. The first-order chi connectivity index (χ1) is 17.5. The quantitative estimate of drug-likeness (QED) is 0.392. The van der Waals surface area contributed by atoms with Crippen LogP contribution in [0.2, 0.25) is 0 Å². The van der Waals surface area contributed by atoms with E-state index in [1.807, 2.05) is 10.6 Å². The highest BCUT2D eigenvalue weighted by atomic mass is 16.5. The minimum Gasteiger partial charge on any atom is -0.491 e. The largest absolute Gasteiger partial charge is 0.491 e. The lowest BCUT2D eigenvalue weighted by molar-refractivity contribution is 0.00447. The van der Waals surface area contributed by atoms with Crippen molar-refractivity contribution >= 4 is 28.6 Å². The van der Waals surface area contributed by atoms with Gasteiger partial charge in [0, 0.05) is 50.5 Å². The fraction of sp³-hybridized carbons (Fsp3) is 0.435. The number of nitrogen functional groups attached to an aromatic ring is 1. The summed E-state index contributed by atoms with van der Waals surface area (Å²) >= 11 is 0. The molecule has 0 bridgehead atoms. The van der Waals surface area contributed by atoms with Gasteiger partial charge in [-0.25, -0.2) is 15.0 Å². The molecule has 1 fully saturated rings. The first-order valence-electron chi connectivity index (χ1n) is 11.7. The van der Waals surface area contributed by atoms with Crippen LogP contribution in [-0.4, -0.2) is 94.6 Å². The second-order valence-corrected chi connectivity index (χ2v) is 8.46. The predicted molar refractivity (Wildman–Crippen MR) is 130 cm³/mol. The topological polar surface area (TPSA) is 162 Å². The molecule has 1 saturated heterocycles. The zero-order valence-corrected chi connectivity index (χ0v) is 19.9. The van der Waals surface area contributed by atoms with E-state index in [0.29, 0.717) is 49.9 Å². The van der Waals surface area contributed by atoms with Crippen molar-refractivity contribution in [2.24, 2.45) is 4.99 Å². The van der Waals surface area contributed by atoms with Crippen molar-refractivity contribution in [3.05, 3.63) is 35.7 Å². The number of aliphatic hydroxyl groups excluding tert-OH is 1. The maximum atomic E-state index is 12.8. The van der Waals surface area contributed by atoms with Crippen molar-refractivity contribution in [1.29, 1.82) is 0 Å². The molecule has 190 valence electrons. The number of methoxy groups -OCH3 is 1. The number of anilines is 2. The molecule has 4 heterocycles.